The predicted octanol–water partition coefficient (Wildman–Crippen LogP) is 4.69. The molecule has 2 aromatic rings. The highest BCUT2D eigenvalue weighted by atomic mass is 19.1. The van der Waals surface area contributed by atoms with Crippen LogP contribution < -0.4 is 0 Å². The minimum Gasteiger partial charge on any atom is -0.292 e. The Morgan fingerprint density at radius 1 is 1.17 bits per heavy atom. The molecule has 1 amide bonds. The molecule has 152 valence electrons. The van der Waals surface area contributed by atoms with E-state index in [0.717, 1.165) is 36.2 Å². The second kappa shape index (κ2) is 8.46. The molecule has 1 fully saturated rings. The number of hydrogen-bond acceptors (Lipinski definition) is 3. The maximum atomic E-state index is 13.8. The van der Waals surface area contributed by atoms with Crippen LogP contribution in [0.1, 0.15) is 55.3 Å². The molecule has 0 aliphatic carbocycles. The van der Waals surface area contributed by atoms with Gasteiger partial charge >= 0.3 is 0 Å². The minimum absolute atomic E-state index is 0.00993. The molecule has 0 aromatic heterocycles. The number of hydrazone groups is 1. The molecule has 2 atom stereocenters. The molecule has 29 heavy (non-hydrogen) atoms. The van der Waals surface area contributed by atoms with Gasteiger partial charge in [-0.3, -0.25) is 9.69 Å². The topological polar surface area (TPSA) is 35.9 Å². The number of nitrogens with zero attached hydrogens (tertiary/aromatic N) is 3. The number of carbonyl (C=O) groups excluding carboxylic acids is 1. The Labute approximate surface area is 172 Å². The van der Waals surface area contributed by atoms with Crippen molar-refractivity contribution in [1.82, 2.24) is 9.91 Å². The molecule has 0 spiro atoms. The van der Waals surface area contributed by atoms with Gasteiger partial charge in [-0.15, -0.1) is 0 Å². The highest BCUT2D eigenvalue weighted by Crippen LogP contribution is 2.33. The van der Waals surface area contributed by atoms with Crippen LogP contribution in [-0.2, 0) is 4.79 Å². The van der Waals surface area contributed by atoms with Crippen molar-refractivity contribution in [2.24, 2.45) is 5.10 Å². The van der Waals surface area contributed by atoms with Crippen LogP contribution in [0.4, 0.5) is 4.39 Å². The van der Waals surface area contributed by atoms with E-state index in [-0.39, 0.29) is 17.8 Å². The van der Waals surface area contributed by atoms with Crippen LogP contribution >= 0.6 is 0 Å². The third-order valence-electron chi connectivity index (χ3n) is 6.06. The molecule has 2 aliphatic rings. The summed E-state index contributed by atoms with van der Waals surface area (Å²) in [5.41, 5.74) is 3.74. The summed E-state index contributed by atoms with van der Waals surface area (Å²) in [6.45, 7) is 5.57. The summed E-state index contributed by atoms with van der Waals surface area (Å²) in [4.78, 5) is 15.5. The predicted molar refractivity (Wildman–Crippen MR) is 113 cm³/mol. The van der Waals surface area contributed by atoms with Gasteiger partial charge in [-0.05, 0) is 50.9 Å². The van der Waals surface area contributed by atoms with E-state index in [9.17, 15) is 9.18 Å². The number of halogens is 1. The molecular weight excluding hydrogens is 365 g/mol. The highest BCUT2D eigenvalue weighted by Gasteiger charge is 2.34. The monoisotopic (exact) mass is 393 g/mol. The van der Waals surface area contributed by atoms with Crippen LogP contribution in [-0.4, -0.2) is 40.7 Å². The number of aryl methyl sites for hydroxylation is 1. The summed E-state index contributed by atoms with van der Waals surface area (Å²) in [6.07, 6.45) is 4.08. The van der Waals surface area contributed by atoms with Gasteiger partial charge in [0.1, 0.15) is 5.82 Å². The fourth-order valence-electron chi connectivity index (χ4n) is 4.27. The summed E-state index contributed by atoms with van der Waals surface area (Å²) in [5.74, 6) is -0.278. The molecule has 0 bridgehead atoms. The SMILES string of the molecule is Cc1ccc(C2CC(c3cccc(F)c3)=NN2C(=O)CN2CCCCC2C)cc1. The van der Waals surface area contributed by atoms with Gasteiger partial charge in [0, 0.05) is 18.0 Å². The average Bonchev–Trinajstić information content (AvgIpc) is 3.16. The lowest BCUT2D eigenvalue weighted by atomic mass is 9.97. The number of rotatable bonds is 4. The van der Waals surface area contributed by atoms with Crippen LogP contribution in [0.2, 0.25) is 0 Å². The van der Waals surface area contributed by atoms with Gasteiger partial charge in [-0.25, -0.2) is 9.40 Å². The quantitative estimate of drug-likeness (QED) is 0.756. The fourth-order valence-corrected chi connectivity index (χ4v) is 4.27. The molecule has 4 nitrogen and oxygen atoms in total. The first kappa shape index (κ1) is 19.8. The largest absolute Gasteiger partial charge is 0.292 e. The molecule has 0 N–H and O–H groups in total. The highest BCUT2D eigenvalue weighted by molar-refractivity contribution is 6.03. The molecule has 2 aliphatic heterocycles. The van der Waals surface area contributed by atoms with Crippen molar-refractivity contribution in [3.05, 3.63) is 71.0 Å². The number of hydrogen-bond donors (Lipinski definition) is 0. The summed E-state index contributed by atoms with van der Waals surface area (Å²) in [6, 6.07) is 15.0. The van der Waals surface area contributed by atoms with Gasteiger partial charge in [0.2, 0.25) is 0 Å². The summed E-state index contributed by atoms with van der Waals surface area (Å²) >= 11 is 0. The Balaban J connectivity index is 1.61. The van der Waals surface area contributed by atoms with Crippen molar-refractivity contribution >= 4 is 11.6 Å². The summed E-state index contributed by atoms with van der Waals surface area (Å²) in [5, 5.41) is 6.31. The van der Waals surface area contributed by atoms with Crippen LogP contribution in [0.15, 0.2) is 53.6 Å². The molecule has 2 heterocycles. The lowest BCUT2D eigenvalue weighted by Crippen LogP contribution is -2.44. The Bertz CT molecular complexity index is 909. The lowest BCUT2D eigenvalue weighted by Gasteiger charge is -2.34. The van der Waals surface area contributed by atoms with Gasteiger partial charge in [-0.1, -0.05) is 48.4 Å². The van der Waals surface area contributed by atoms with E-state index in [2.05, 4.69) is 41.2 Å². The van der Waals surface area contributed by atoms with E-state index in [1.54, 1.807) is 11.1 Å². The minimum atomic E-state index is -0.288. The smallest absolute Gasteiger partial charge is 0.257 e. The molecular formula is C24H28FN3O. The number of carbonyl (C=O) groups is 1. The van der Waals surface area contributed by atoms with E-state index >= 15 is 0 Å². The van der Waals surface area contributed by atoms with Crippen molar-refractivity contribution < 1.29 is 9.18 Å². The standard InChI is InChI=1S/C24H28FN3O/c1-17-9-11-19(12-10-17)23-15-22(20-7-5-8-21(25)14-20)26-28(23)24(29)16-27-13-4-3-6-18(27)2/h5,7-12,14,18,23H,3-4,6,13,15-16H2,1-2H3. The van der Waals surface area contributed by atoms with Gasteiger partial charge in [0.25, 0.3) is 5.91 Å². The van der Waals surface area contributed by atoms with Crippen LogP contribution in [0.5, 0.6) is 0 Å². The number of benzene rings is 2. The molecule has 0 saturated carbocycles. The van der Waals surface area contributed by atoms with Gasteiger partial charge in [0.05, 0.1) is 18.3 Å². The average molecular weight is 394 g/mol. The Kier molecular flexibility index (Phi) is 5.76. The first-order chi connectivity index (χ1) is 14.0. The first-order valence-corrected chi connectivity index (χ1v) is 10.5. The maximum Gasteiger partial charge on any atom is 0.257 e. The van der Waals surface area contributed by atoms with Gasteiger partial charge < -0.3 is 0 Å². The second-order valence-electron chi connectivity index (χ2n) is 8.24. The van der Waals surface area contributed by atoms with E-state index < -0.39 is 0 Å². The molecule has 2 unspecified atom stereocenters. The summed E-state index contributed by atoms with van der Waals surface area (Å²) in [7, 11) is 0. The fraction of sp³-hybridized carbons (Fsp3) is 0.417. The third kappa shape index (κ3) is 4.40. The van der Waals surface area contributed by atoms with Crippen molar-refractivity contribution in [1.29, 1.82) is 0 Å². The van der Waals surface area contributed by atoms with Crippen molar-refractivity contribution in [2.45, 2.75) is 51.6 Å². The van der Waals surface area contributed by atoms with Gasteiger partial charge in [-0.2, -0.15) is 5.10 Å². The maximum absolute atomic E-state index is 13.8. The van der Waals surface area contributed by atoms with E-state index in [4.69, 9.17) is 0 Å². The van der Waals surface area contributed by atoms with Crippen molar-refractivity contribution in [3.63, 3.8) is 0 Å². The first-order valence-electron chi connectivity index (χ1n) is 10.5. The van der Waals surface area contributed by atoms with Crippen LogP contribution in [0.25, 0.3) is 0 Å². The number of piperidine rings is 1. The molecule has 0 radical (unpaired) electrons. The van der Waals surface area contributed by atoms with E-state index in [1.807, 2.05) is 13.0 Å². The van der Waals surface area contributed by atoms with Crippen molar-refractivity contribution in [2.75, 3.05) is 13.1 Å². The van der Waals surface area contributed by atoms with Gasteiger partial charge in [0.15, 0.2) is 0 Å². The Hall–Kier alpha value is -2.53. The third-order valence-corrected chi connectivity index (χ3v) is 6.06. The van der Waals surface area contributed by atoms with Crippen molar-refractivity contribution in [3.8, 4) is 0 Å². The molecule has 4 rings (SSSR count). The van der Waals surface area contributed by atoms with E-state index in [1.165, 1.54) is 24.1 Å². The Morgan fingerprint density at radius 2 is 1.97 bits per heavy atom. The van der Waals surface area contributed by atoms with Crippen LogP contribution in [0, 0.1) is 12.7 Å². The normalized spacial score (nSPS) is 22.6. The zero-order valence-electron chi connectivity index (χ0n) is 17.1. The Morgan fingerprint density at radius 3 is 2.69 bits per heavy atom. The number of amides is 1. The zero-order valence-corrected chi connectivity index (χ0v) is 17.1. The van der Waals surface area contributed by atoms with E-state index in [0.29, 0.717) is 19.0 Å². The number of likely N-dealkylation sites (tertiary alicyclic amines) is 1. The van der Waals surface area contributed by atoms with Crippen LogP contribution in [0.3, 0.4) is 0 Å². The molecule has 1 saturated heterocycles. The molecule has 2 aromatic carbocycles. The second-order valence-corrected chi connectivity index (χ2v) is 8.24. The lowest BCUT2D eigenvalue weighted by molar-refractivity contribution is -0.135. The zero-order chi connectivity index (χ0) is 20.4. The molecule has 5 heteroatoms. The summed E-state index contributed by atoms with van der Waals surface area (Å²) < 4.78 is 13.8.